The van der Waals surface area contributed by atoms with Gasteiger partial charge in [0.25, 0.3) is 16.8 Å². The van der Waals surface area contributed by atoms with Gasteiger partial charge in [-0.05, 0) is 31.4 Å². The van der Waals surface area contributed by atoms with E-state index in [4.69, 9.17) is 0 Å². The lowest BCUT2D eigenvalue weighted by molar-refractivity contribution is 0.0824. The molecule has 0 heterocycles. The zero-order valence-corrected chi connectivity index (χ0v) is 15.7. The molecule has 0 radical (unpaired) electrons. The van der Waals surface area contributed by atoms with Crippen molar-refractivity contribution in [2.75, 3.05) is 24.7 Å². The van der Waals surface area contributed by atoms with Gasteiger partial charge >= 0.3 is 0 Å². The first kappa shape index (κ1) is 19.5. The van der Waals surface area contributed by atoms with Gasteiger partial charge in [0.2, 0.25) is 0 Å². The normalized spacial score (nSPS) is 12.2. The zero-order valence-electron chi connectivity index (χ0n) is 15.7. The van der Waals surface area contributed by atoms with E-state index in [1.807, 2.05) is 6.92 Å². The fourth-order valence-corrected chi connectivity index (χ4v) is 2.85. The van der Waals surface area contributed by atoms with Gasteiger partial charge in [-0.25, -0.2) is 0 Å². The predicted molar refractivity (Wildman–Crippen MR) is 103 cm³/mol. The number of nitrogens with one attached hydrogen (secondary N) is 2. The second-order valence-electron chi connectivity index (χ2n) is 7.11. The number of anilines is 3. The quantitative estimate of drug-likeness (QED) is 0.518. The van der Waals surface area contributed by atoms with Gasteiger partial charge in [-0.15, -0.1) is 0 Å². The molecule has 1 amide bonds. The molecule has 0 saturated heterocycles. The van der Waals surface area contributed by atoms with Crippen LogP contribution in [0.15, 0.2) is 27.8 Å². The highest BCUT2D eigenvalue weighted by molar-refractivity contribution is 5.99. The summed E-state index contributed by atoms with van der Waals surface area (Å²) in [7, 11) is 3.16. The highest BCUT2D eigenvalue weighted by Gasteiger charge is 2.24. The largest absolute Gasteiger partial charge is 0.505 e. The lowest BCUT2D eigenvalue weighted by Gasteiger charge is -2.21. The van der Waals surface area contributed by atoms with Gasteiger partial charge < -0.3 is 20.6 Å². The van der Waals surface area contributed by atoms with Gasteiger partial charge in [0.05, 0.1) is 11.3 Å². The first-order valence-electron chi connectivity index (χ1n) is 8.54. The summed E-state index contributed by atoms with van der Waals surface area (Å²) < 4.78 is 0. The maximum Gasteiger partial charge on any atom is 0.257 e. The van der Waals surface area contributed by atoms with Crippen LogP contribution in [0.5, 0.6) is 5.75 Å². The van der Waals surface area contributed by atoms with E-state index >= 15 is 0 Å². The molecule has 2 rings (SSSR count). The van der Waals surface area contributed by atoms with E-state index in [-0.39, 0.29) is 40.3 Å². The minimum absolute atomic E-state index is 0.0223. The van der Waals surface area contributed by atoms with Gasteiger partial charge in [0, 0.05) is 20.1 Å². The molecule has 7 heteroatoms. The number of phenols is 1. The number of hydrogen-bond acceptors (Lipinski definition) is 6. The lowest BCUT2D eigenvalue weighted by Crippen LogP contribution is -2.38. The summed E-state index contributed by atoms with van der Waals surface area (Å²) in [6, 6.07) is 4.65. The average Bonchev–Trinajstić information content (AvgIpc) is 2.57. The monoisotopic (exact) mass is 359 g/mol. The molecular weight excluding hydrogens is 334 g/mol. The highest BCUT2D eigenvalue weighted by atomic mass is 16.3. The van der Waals surface area contributed by atoms with E-state index in [1.54, 1.807) is 26.2 Å². The molecule has 2 aromatic rings. The van der Waals surface area contributed by atoms with Crippen LogP contribution in [0.1, 0.15) is 37.6 Å². The molecule has 7 nitrogen and oxygen atoms in total. The van der Waals surface area contributed by atoms with Crippen molar-refractivity contribution in [3.63, 3.8) is 0 Å². The number of carbonyl (C=O) groups excluding carboxylic acids is 1. The van der Waals surface area contributed by atoms with Gasteiger partial charge in [0.1, 0.15) is 11.4 Å². The summed E-state index contributed by atoms with van der Waals surface area (Å²) in [6.07, 6.45) is 0.844. The van der Waals surface area contributed by atoms with Crippen LogP contribution in [-0.2, 0) is 0 Å². The molecule has 3 N–H and O–H groups in total. The van der Waals surface area contributed by atoms with Crippen LogP contribution in [0.2, 0.25) is 0 Å². The van der Waals surface area contributed by atoms with Crippen molar-refractivity contribution in [3.8, 4) is 5.75 Å². The Morgan fingerprint density at radius 3 is 2.31 bits per heavy atom. The SMILES string of the molecule is CC(C)CC(C)Nc1c(Nc2cccc(C(=O)N(C)C)c2O)c(=O)c1=O. The van der Waals surface area contributed by atoms with E-state index in [1.165, 1.54) is 11.0 Å². The van der Waals surface area contributed by atoms with Crippen molar-refractivity contribution in [1.82, 2.24) is 4.90 Å². The summed E-state index contributed by atoms with van der Waals surface area (Å²) in [5.74, 6) is -0.182. The number of para-hydroxylation sites is 1. The van der Waals surface area contributed by atoms with Crippen molar-refractivity contribution in [1.29, 1.82) is 0 Å². The molecule has 0 fully saturated rings. The first-order valence-corrected chi connectivity index (χ1v) is 8.54. The zero-order chi connectivity index (χ0) is 19.6. The topological polar surface area (TPSA) is 98.7 Å². The Morgan fingerprint density at radius 1 is 1.12 bits per heavy atom. The smallest absolute Gasteiger partial charge is 0.257 e. The summed E-state index contributed by atoms with van der Waals surface area (Å²) in [5.41, 5.74) is -0.593. The molecule has 2 aromatic carbocycles. The molecule has 0 aliphatic heterocycles. The number of carbonyl (C=O) groups is 1. The van der Waals surface area contributed by atoms with Gasteiger partial charge in [-0.3, -0.25) is 14.4 Å². The van der Waals surface area contributed by atoms with Gasteiger partial charge in [0.15, 0.2) is 5.75 Å². The third-order valence-corrected chi connectivity index (χ3v) is 4.06. The van der Waals surface area contributed by atoms with Crippen LogP contribution in [0.3, 0.4) is 0 Å². The summed E-state index contributed by atoms with van der Waals surface area (Å²) in [6.45, 7) is 6.09. The molecule has 0 aliphatic carbocycles. The lowest BCUT2D eigenvalue weighted by atomic mass is 10.0. The van der Waals surface area contributed by atoms with Crippen LogP contribution < -0.4 is 21.5 Å². The van der Waals surface area contributed by atoms with Crippen molar-refractivity contribution in [3.05, 3.63) is 44.2 Å². The first-order chi connectivity index (χ1) is 12.1. The summed E-state index contributed by atoms with van der Waals surface area (Å²) in [4.78, 5) is 37.3. The van der Waals surface area contributed by atoms with Crippen LogP contribution in [0, 0.1) is 5.92 Å². The Balaban J connectivity index is 2.29. The Bertz CT molecular complexity index is 879. The van der Waals surface area contributed by atoms with E-state index in [2.05, 4.69) is 24.5 Å². The Kier molecular flexibility index (Phi) is 5.69. The van der Waals surface area contributed by atoms with Crippen molar-refractivity contribution >= 4 is 23.0 Å². The van der Waals surface area contributed by atoms with Crippen LogP contribution >= 0.6 is 0 Å². The maximum absolute atomic E-state index is 12.1. The third kappa shape index (κ3) is 3.87. The third-order valence-electron chi connectivity index (χ3n) is 4.06. The van der Waals surface area contributed by atoms with Crippen molar-refractivity contribution in [2.45, 2.75) is 33.2 Å². The Hall–Kier alpha value is -2.83. The predicted octanol–water partition coefficient (Wildman–Crippen LogP) is 2.28. The fourth-order valence-electron chi connectivity index (χ4n) is 2.85. The minimum atomic E-state index is -0.645. The molecule has 0 aliphatic rings. The van der Waals surface area contributed by atoms with Gasteiger partial charge in [-0.1, -0.05) is 19.9 Å². The van der Waals surface area contributed by atoms with Crippen LogP contribution in [0.25, 0.3) is 0 Å². The molecule has 0 spiro atoms. The molecule has 0 saturated carbocycles. The number of hydrogen-bond donors (Lipinski definition) is 3. The van der Waals surface area contributed by atoms with Crippen molar-refractivity contribution < 1.29 is 9.90 Å². The van der Waals surface area contributed by atoms with E-state index in [9.17, 15) is 19.5 Å². The molecule has 1 atom stereocenters. The number of aromatic hydroxyl groups is 1. The molecular formula is C19H25N3O4. The van der Waals surface area contributed by atoms with Crippen molar-refractivity contribution in [2.24, 2.45) is 5.92 Å². The fraction of sp³-hybridized carbons (Fsp3) is 0.421. The Morgan fingerprint density at radius 2 is 1.73 bits per heavy atom. The average molecular weight is 359 g/mol. The summed E-state index contributed by atoms with van der Waals surface area (Å²) in [5, 5.41) is 16.2. The van der Waals surface area contributed by atoms with Crippen LogP contribution in [0.4, 0.5) is 17.1 Å². The standard InChI is InChI=1S/C19H25N3O4/c1-10(2)9-11(3)20-14-15(18(25)17(14)24)21-13-8-6-7-12(16(13)23)19(26)22(4)5/h6-8,10-11,20-21,23H,9H2,1-5H3. The number of amides is 1. The van der Waals surface area contributed by atoms with Crippen LogP contribution in [-0.4, -0.2) is 36.1 Å². The molecule has 0 bridgehead atoms. The molecule has 0 aromatic heterocycles. The summed E-state index contributed by atoms with van der Waals surface area (Å²) >= 11 is 0. The highest BCUT2D eigenvalue weighted by Crippen LogP contribution is 2.32. The molecule has 26 heavy (non-hydrogen) atoms. The second kappa shape index (κ2) is 7.59. The van der Waals surface area contributed by atoms with Gasteiger partial charge in [-0.2, -0.15) is 0 Å². The minimum Gasteiger partial charge on any atom is -0.505 e. The number of rotatable bonds is 7. The Labute approximate surface area is 152 Å². The van der Waals surface area contributed by atoms with E-state index < -0.39 is 10.9 Å². The number of nitrogens with zero attached hydrogens (tertiary/aromatic N) is 1. The van der Waals surface area contributed by atoms with E-state index in [0.717, 1.165) is 6.42 Å². The maximum atomic E-state index is 12.1. The molecule has 1 unspecified atom stereocenters. The number of phenolic OH excluding ortho intramolecular Hbond substituents is 1. The second-order valence-corrected chi connectivity index (χ2v) is 7.11. The molecule has 140 valence electrons. The number of benzene rings is 1. The van der Waals surface area contributed by atoms with E-state index in [0.29, 0.717) is 5.92 Å².